The van der Waals surface area contributed by atoms with E-state index in [1.54, 1.807) is 0 Å². The molecule has 3 N–H and O–H groups in total. The predicted molar refractivity (Wildman–Crippen MR) is 103 cm³/mol. The summed E-state index contributed by atoms with van der Waals surface area (Å²) in [5, 5.41) is 3.25. The molecule has 0 aromatic heterocycles. The van der Waals surface area contributed by atoms with E-state index >= 15 is 0 Å². The Kier molecular flexibility index (Phi) is 6.48. The summed E-state index contributed by atoms with van der Waals surface area (Å²) < 4.78 is 13.1. The first-order valence-corrected chi connectivity index (χ1v) is 9.83. The maximum Gasteiger partial charge on any atom is 0.237 e. The van der Waals surface area contributed by atoms with Crippen molar-refractivity contribution in [2.75, 3.05) is 37.6 Å². The fourth-order valence-corrected chi connectivity index (χ4v) is 4.17. The molecule has 1 aliphatic carbocycles. The lowest BCUT2D eigenvalue weighted by atomic mass is 9.84. The second-order valence-electron chi connectivity index (χ2n) is 7.57. The van der Waals surface area contributed by atoms with Crippen LogP contribution in [0.25, 0.3) is 0 Å². The fourth-order valence-electron chi connectivity index (χ4n) is 4.17. The van der Waals surface area contributed by atoms with Crippen LogP contribution in [0, 0.1) is 11.7 Å². The molecule has 3 rings (SSSR count). The highest BCUT2D eigenvalue weighted by molar-refractivity contribution is 5.81. The molecule has 144 valence electrons. The highest BCUT2D eigenvalue weighted by atomic mass is 19.1. The summed E-state index contributed by atoms with van der Waals surface area (Å²) in [7, 11) is 0. The fraction of sp³-hybridized carbons (Fsp3) is 0.650. The molecule has 0 radical (unpaired) electrons. The molecule has 1 saturated heterocycles. The molecule has 1 heterocycles. The maximum absolute atomic E-state index is 13.1. The highest BCUT2D eigenvalue weighted by Gasteiger charge is 2.30. The number of nitrogens with two attached hydrogens (primary N) is 1. The average Bonchev–Trinajstić information content (AvgIpc) is 2.68. The quantitative estimate of drug-likeness (QED) is 0.841. The van der Waals surface area contributed by atoms with Gasteiger partial charge in [0.15, 0.2) is 0 Å². The molecule has 3 atom stereocenters. The Bertz CT molecular complexity index is 586. The SMILES string of the molecule is CC(C(=O)NC1CCCCC1CN)N1CCN(c2ccc(F)cc2)CC1. The molecule has 26 heavy (non-hydrogen) atoms. The van der Waals surface area contributed by atoms with Crippen LogP contribution < -0.4 is 16.0 Å². The number of benzene rings is 1. The third-order valence-corrected chi connectivity index (χ3v) is 5.97. The van der Waals surface area contributed by atoms with Crippen molar-refractivity contribution in [2.24, 2.45) is 11.7 Å². The number of anilines is 1. The minimum atomic E-state index is -0.212. The first-order chi connectivity index (χ1) is 12.6. The largest absolute Gasteiger partial charge is 0.369 e. The molecule has 1 amide bonds. The Balaban J connectivity index is 1.50. The zero-order valence-corrected chi connectivity index (χ0v) is 15.7. The Morgan fingerprint density at radius 2 is 1.85 bits per heavy atom. The van der Waals surface area contributed by atoms with Crippen LogP contribution in [0.5, 0.6) is 0 Å². The van der Waals surface area contributed by atoms with Gasteiger partial charge >= 0.3 is 0 Å². The van der Waals surface area contributed by atoms with E-state index in [4.69, 9.17) is 5.73 Å². The second-order valence-corrected chi connectivity index (χ2v) is 7.57. The molecule has 0 spiro atoms. The van der Waals surface area contributed by atoms with Crippen LogP contribution >= 0.6 is 0 Å². The first-order valence-electron chi connectivity index (χ1n) is 9.83. The number of carbonyl (C=O) groups is 1. The van der Waals surface area contributed by atoms with Crippen molar-refractivity contribution in [3.8, 4) is 0 Å². The van der Waals surface area contributed by atoms with Crippen molar-refractivity contribution in [1.82, 2.24) is 10.2 Å². The van der Waals surface area contributed by atoms with Gasteiger partial charge in [-0.15, -0.1) is 0 Å². The van der Waals surface area contributed by atoms with Gasteiger partial charge in [0.1, 0.15) is 5.82 Å². The summed E-state index contributed by atoms with van der Waals surface area (Å²) in [6.07, 6.45) is 4.55. The van der Waals surface area contributed by atoms with E-state index in [2.05, 4.69) is 15.1 Å². The normalized spacial score (nSPS) is 25.7. The van der Waals surface area contributed by atoms with Crippen molar-refractivity contribution in [3.05, 3.63) is 30.1 Å². The number of rotatable bonds is 5. The van der Waals surface area contributed by atoms with E-state index in [9.17, 15) is 9.18 Å². The number of nitrogens with one attached hydrogen (secondary N) is 1. The lowest BCUT2D eigenvalue weighted by Crippen LogP contribution is -2.56. The molecule has 6 heteroatoms. The summed E-state index contributed by atoms with van der Waals surface area (Å²) >= 11 is 0. The number of piperazine rings is 1. The van der Waals surface area contributed by atoms with E-state index in [0.29, 0.717) is 12.5 Å². The monoisotopic (exact) mass is 362 g/mol. The standard InChI is InChI=1S/C20H31FN4O/c1-15(20(26)23-19-5-3-2-4-16(19)14-22)24-10-12-25(13-11-24)18-8-6-17(21)7-9-18/h6-9,15-16,19H,2-5,10-14,22H2,1H3,(H,23,26). The van der Waals surface area contributed by atoms with Gasteiger partial charge in [0.05, 0.1) is 6.04 Å². The van der Waals surface area contributed by atoms with Crippen molar-refractivity contribution >= 4 is 11.6 Å². The Morgan fingerprint density at radius 1 is 1.19 bits per heavy atom. The summed E-state index contributed by atoms with van der Waals surface area (Å²) in [5.41, 5.74) is 6.92. The van der Waals surface area contributed by atoms with Crippen LogP contribution in [-0.2, 0) is 4.79 Å². The molecule has 1 saturated carbocycles. The Labute approximate surface area is 155 Å². The van der Waals surface area contributed by atoms with E-state index in [0.717, 1.165) is 44.7 Å². The molecular weight excluding hydrogens is 331 g/mol. The van der Waals surface area contributed by atoms with Gasteiger partial charge in [0.2, 0.25) is 5.91 Å². The van der Waals surface area contributed by atoms with Crippen LogP contribution in [-0.4, -0.2) is 55.6 Å². The van der Waals surface area contributed by atoms with E-state index in [1.807, 2.05) is 19.1 Å². The van der Waals surface area contributed by atoms with Crippen molar-refractivity contribution < 1.29 is 9.18 Å². The molecule has 1 aromatic rings. The van der Waals surface area contributed by atoms with Crippen LogP contribution in [0.1, 0.15) is 32.6 Å². The van der Waals surface area contributed by atoms with Crippen molar-refractivity contribution in [2.45, 2.75) is 44.7 Å². The summed E-state index contributed by atoms with van der Waals surface area (Å²) in [5.74, 6) is 0.317. The Morgan fingerprint density at radius 3 is 2.50 bits per heavy atom. The van der Waals surface area contributed by atoms with Gasteiger partial charge in [-0.05, 0) is 56.5 Å². The number of carbonyl (C=O) groups excluding carboxylic acids is 1. The van der Waals surface area contributed by atoms with Crippen LogP contribution in [0.3, 0.4) is 0 Å². The summed E-state index contributed by atoms with van der Waals surface area (Å²) in [6, 6.07) is 6.72. The van der Waals surface area contributed by atoms with Gasteiger partial charge in [0, 0.05) is 37.9 Å². The van der Waals surface area contributed by atoms with Crippen molar-refractivity contribution in [1.29, 1.82) is 0 Å². The third-order valence-electron chi connectivity index (χ3n) is 5.97. The lowest BCUT2D eigenvalue weighted by Gasteiger charge is -2.39. The molecule has 0 bridgehead atoms. The van der Waals surface area contributed by atoms with Gasteiger partial charge < -0.3 is 16.0 Å². The summed E-state index contributed by atoms with van der Waals surface area (Å²) in [4.78, 5) is 17.2. The van der Waals surface area contributed by atoms with Crippen LogP contribution in [0.15, 0.2) is 24.3 Å². The van der Waals surface area contributed by atoms with Gasteiger partial charge in [0.25, 0.3) is 0 Å². The predicted octanol–water partition coefficient (Wildman–Crippen LogP) is 1.97. The zero-order chi connectivity index (χ0) is 18.5. The number of halogens is 1. The number of amides is 1. The van der Waals surface area contributed by atoms with Gasteiger partial charge in [-0.3, -0.25) is 9.69 Å². The van der Waals surface area contributed by atoms with Gasteiger partial charge in [-0.25, -0.2) is 4.39 Å². The highest BCUT2D eigenvalue weighted by Crippen LogP contribution is 2.24. The zero-order valence-electron chi connectivity index (χ0n) is 15.7. The topological polar surface area (TPSA) is 61.6 Å². The van der Waals surface area contributed by atoms with Gasteiger partial charge in [-0.1, -0.05) is 12.8 Å². The minimum Gasteiger partial charge on any atom is -0.369 e. The van der Waals surface area contributed by atoms with Crippen molar-refractivity contribution in [3.63, 3.8) is 0 Å². The summed E-state index contributed by atoms with van der Waals surface area (Å²) in [6.45, 7) is 5.99. The number of nitrogens with zero attached hydrogens (tertiary/aromatic N) is 2. The third kappa shape index (κ3) is 4.54. The molecule has 5 nitrogen and oxygen atoms in total. The van der Waals surface area contributed by atoms with Gasteiger partial charge in [-0.2, -0.15) is 0 Å². The maximum atomic E-state index is 13.1. The molecular formula is C20H31FN4O. The molecule has 3 unspecified atom stereocenters. The number of hydrogen-bond acceptors (Lipinski definition) is 4. The first kappa shape index (κ1) is 19.1. The lowest BCUT2D eigenvalue weighted by molar-refractivity contribution is -0.127. The molecule has 2 fully saturated rings. The Hall–Kier alpha value is -1.66. The smallest absolute Gasteiger partial charge is 0.237 e. The van der Waals surface area contributed by atoms with E-state index in [1.165, 1.54) is 25.0 Å². The van der Waals surface area contributed by atoms with E-state index in [-0.39, 0.29) is 23.8 Å². The second kappa shape index (κ2) is 8.82. The molecule has 1 aromatic carbocycles. The molecule has 2 aliphatic rings. The van der Waals surface area contributed by atoms with E-state index < -0.39 is 0 Å². The van der Waals surface area contributed by atoms with Crippen LogP contribution in [0.4, 0.5) is 10.1 Å². The minimum absolute atomic E-state index is 0.116. The van der Waals surface area contributed by atoms with Crippen LogP contribution in [0.2, 0.25) is 0 Å². The molecule has 1 aliphatic heterocycles. The average molecular weight is 362 g/mol. The number of hydrogen-bond donors (Lipinski definition) is 2.